The van der Waals surface area contributed by atoms with Gasteiger partial charge >= 0.3 is 0 Å². The topological polar surface area (TPSA) is 51.8 Å². The summed E-state index contributed by atoms with van der Waals surface area (Å²) in [7, 11) is 0. The number of hydrogen-bond donors (Lipinski definition) is 0. The standard InChI is InChI=1S/C18H16N2OS/c1-13-3-6-16(7-4-13)22(21)20-12-14(2)17-8-5-15(9-10-19)11-18(17)20/h3-8,11-12H,9H2,1-2H3. The molecule has 1 unspecified atom stereocenters. The Morgan fingerprint density at radius 2 is 1.86 bits per heavy atom. The number of aryl methyl sites for hydroxylation is 2. The lowest BCUT2D eigenvalue weighted by atomic mass is 10.1. The predicted molar refractivity (Wildman–Crippen MR) is 89.0 cm³/mol. The quantitative estimate of drug-likeness (QED) is 0.689. The monoisotopic (exact) mass is 308 g/mol. The normalized spacial score (nSPS) is 12.3. The van der Waals surface area contributed by atoms with Gasteiger partial charge in [0.1, 0.15) is 11.4 Å². The SMILES string of the molecule is Cc1ccc([S+]([O-])n2cc(C)c3ccc(CC#N)cc32)cc1. The number of nitrogens with zero attached hydrogens (tertiary/aromatic N) is 2. The molecule has 0 bridgehead atoms. The first kappa shape index (κ1) is 14.7. The molecule has 0 saturated heterocycles. The van der Waals surface area contributed by atoms with Crippen LogP contribution in [0.1, 0.15) is 16.7 Å². The zero-order valence-electron chi connectivity index (χ0n) is 12.5. The van der Waals surface area contributed by atoms with Crippen molar-refractivity contribution in [1.82, 2.24) is 3.97 Å². The van der Waals surface area contributed by atoms with Crippen LogP contribution in [0.3, 0.4) is 0 Å². The first-order valence-electron chi connectivity index (χ1n) is 7.06. The minimum absolute atomic E-state index is 0.358. The van der Waals surface area contributed by atoms with Gasteiger partial charge in [0.2, 0.25) is 0 Å². The highest BCUT2D eigenvalue weighted by molar-refractivity contribution is 7.90. The largest absolute Gasteiger partial charge is 0.587 e. The summed E-state index contributed by atoms with van der Waals surface area (Å²) in [4.78, 5) is 0.771. The molecule has 1 atom stereocenters. The Kier molecular flexibility index (Phi) is 3.93. The van der Waals surface area contributed by atoms with Crippen molar-refractivity contribution < 1.29 is 4.55 Å². The van der Waals surface area contributed by atoms with Gasteiger partial charge in [-0.15, -0.1) is 0 Å². The van der Waals surface area contributed by atoms with Gasteiger partial charge in [0.05, 0.1) is 24.2 Å². The summed E-state index contributed by atoms with van der Waals surface area (Å²) < 4.78 is 14.7. The van der Waals surface area contributed by atoms with E-state index in [1.54, 1.807) is 3.97 Å². The van der Waals surface area contributed by atoms with Crippen LogP contribution in [-0.4, -0.2) is 8.53 Å². The first-order valence-corrected chi connectivity index (χ1v) is 8.17. The summed E-state index contributed by atoms with van der Waals surface area (Å²) in [6, 6.07) is 15.8. The van der Waals surface area contributed by atoms with E-state index in [9.17, 15) is 4.55 Å². The number of rotatable bonds is 3. The fourth-order valence-corrected chi connectivity index (χ4v) is 3.69. The van der Waals surface area contributed by atoms with E-state index >= 15 is 0 Å². The highest BCUT2D eigenvalue weighted by Crippen LogP contribution is 2.26. The second-order valence-electron chi connectivity index (χ2n) is 5.39. The van der Waals surface area contributed by atoms with Gasteiger partial charge in [-0.25, -0.2) is 0 Å². The lowest BCUT2D eigenvalue weighted by Crippen LogP contribution is -2.11. The summed E-state index contributed by atoms with van der Waals surface area (Å²) in [6.07, 6.45) is 2.27. The van der Waals surface area contributed by atoms with Crippen molar-refractivity contribution in [2.45, 2.75) is 25.2 Å². The Morgan fingerprint density at radius 1 is 1.14 bits per heavy atom. The summed E-state index contributed by atoms with van der Waals surface area (Å²) in [5.74, 6) is 0. The Bertz CT molecular complexity index is 859. The number of fused-ring (bicyclic) bond motifs is 1. The molecule has 4 heteroatoms. The predicted octanol–water partition coefficient (Wildman–Crippen LogP) is 3.90. The molecule has 1 heterocycles. The van der Waals surface area contributed by atoms with E-state index in [4.69, 9.17) is 5.26 Å². The van der Waals surface area contributed by atoms with Crippen LogP contribution in [-0.2, 0) is 17.8 Å². The van der Waals surface area contributed by atoms with Crippen LogP contribution < -0.4 is 0 Å². The Labute approximate surface area is 133 Å². The van der Waals surface area contributed by atoms with Crippen molar-refractivity contribution in [2.24, 2.45) is 0 Å². The summed E-state index contributed by atoms with van der Waals surface area (Å²) >= 11 is -1.29. The Morgan fingerprint density at radius 3 is 2.55 bits per heavy atom. The van der Waals surface area contributed by atoms with E-state index in [-0.39, 0.29) is 0 Å². The molecule has 0 amide bonds. The first-order chi connectivity index (χ1) is 10.6. The second kappa shape index (κ2) is 5.88. The number of benzene rings is 2. The lowest BCUT2D eigenvalue weighted by Gasteiger charge is -2.11. The van der Waals surface area contributed by atoms with Crippen molar-refractivity contribution in [2.75, 3.05) is 0 Å². The van der Waals surface area contributed by atoms with Crippen LogP contribution in [0.4, 0.5) is 0 Å². The number of nitriles is 1. The fraction of sp³-hybridized carbons (Fsp3) is 0.167. The van der Waals surface area contributed by atoms with Gasteiger partial charge in [0, 0.05) is 5.39 Å². The van der Waals surface area contributed by atoms with Gasteiger partial charge in [-0.05, 0) is 43.2 Å². The molecule has 3 nitrogen and oxygen atoms in total. The Hall–Kier alpha value is -2.22. The molecule has 110 valence electrons. The van der Waals surface area contributed by atoms with Crippen LogP contribution in [0, 0.1) is 25.2 Å². The molecule has 0 saturated carbocycles. The average Bonchev–Trinajstić information content (AvgIpc) is 2.84. The minimum Gasteiger partial charge on any atom is -0.587 e. The molecule has 0 aliphatic carbocycles. The maximum absolute atomic E-state index is 12.9. The number of aromatic nitrogens is 1. The van der Waals surface area contributed by atoms with Gasteiger partial charge in [0.25, 0.3) is 0 Å². The molecule has 0 radical (unpaired) electrons. The molecule has 1 aromatic heterocycles. The highest BCUT2D eigenvalue weighted by Gasteiger charge is 2.18. The third-order valence-corrected chi connectivity index (χ3v) is 5.05. The molecule has 3 rings (SSSR count). The van der Waals surface area contributed by atoms with Crippen LogP contribution >= 0.6 is 0 Å². The van der Waals surface area contributed by atoms with Crippen molar-refractivity contribution in [3.63, 3.8) is 0 Å². The highest BCUT2D eigenvalue weighted by atomic mass is 32.2. The van der Waals surface area contributed by atoms with E-state index in [1.165, 1.54) is 0 Å². The third kappa shape index (κ3) is 2.61. The van der Waals surface area contributed by atoms with E-state index in [1.807, 2.05) is 62.5 Å². The van der Waals surface area contributed by atoms with Gasteiger partial charge < -0.3 is 4.55 Å². The molecule has 0 aliphatic rings. The van der Waals surface area contributed by atoms with E-state index in [0.717, 1.165) is 32.5 Å². The number of hydrogen-bond acceptors (Lipinski definition) is 2. The lowest BCUT2D eigenvalue weighted by molar-refractivity contribution is 0.588. The van der Waals surface area contributed by atoms with Crippen molar-refractivity contribution in [3.05, 3.63) is 65.4 Å². The molecule has 0 aliphatic heterocycles. The minimum atomic E-state index is -1.29. The van der Waals surface area contributed by atoms with Crippen molar-refractivity contribution >= 4 is 22.3 Å². The maximum Gasteiger partial charge on any atom is 0.180 e. The van der Waals surface area contributed by atoms with Gasteiger partial charge in [-0.1, -0.05) is 29.8 Å². The Balaban J connectivity index is 2.11. The molecule has 3 aromatic rings. The van der Waals surface area contributed by atoms with Gasteiger partial charge in [-0.3, -0.25) is 0 Å². The molecule has 0 fully saturated rings. The third-order valence-electron chi connectivity index (χ3n) is 3.72. The summed E-state index contributed by atoms with van der Waals surface area (Å²) in [6.45, 7) is 4.02. The second-order valence-corrected chi connectivity index (χ2v) is 6.75. The van der Waals surface area contributed by atoms with Crippen LogP contribution in [0.2, 0.25) is 0 Å². The molecular weight excluding hydrogens is 292 g/mol. The van der Waals surface area contributed by atoms with Crippen molar-refractivity contribution in [1.29, 1.82) is 5.26 Å². The summed E-state index contributed by atoms with van der Waals surface area (Å²) in [5, 5.41) is 9.93. The zero-order valence-corrected chi connectivity index (χ0v) is 13.4. The summed E-state index contributed by atoms with van der Waals surface area (Å²) in [5.41, 5.74) is 4.07. The maximum atomic E-state index is 12.9. The molecule has 0 spiro atoms. The molecular formula is C18H16N2OS. The smallest absolute Gasteiger partial charge is 0.180 e. The van der Waals surface area contributed by atoms with Crippen LogP contribution in [0.5, 0.6) is 0 Å². The van der Waals surface area contributed by atoms with Crippen LogP contribution in [0.25, 0.3) is 10.9 Å². The van der Waals surface area contributed by atoms with E-state index < -0.39 is 11.4 Å². The molecule has 0 N–H and O–H groups in total. The van der Waals surface area contributed by atoms with E-state index in [0.29, 0.717) is 6.42 Å². The molecule has 2 aromatic carbocycles. The fourth-order valence-electron chi connectivity index (χ4n) is 2.51. The molecule has 22 heavy (non-hydrogen) atoms. The van der Waals surface area contributed by atoms with Gasteiger partial charge in [-0.2, -0.15) is 9.23 Å². The van der Waals surface area contributed by atoms with Crippen LogP contribution in [0.15, 0.2) is 53.6 Å². The average molecular weight is 308 g/mol. The van der Waals surface area contributed by atoms with E-state index in [2.05, 4.69) is 6.07 Å². The van der Waals surface area contributed by atoms with Gasteiger partial charge in [0.15, 0.2) is 4.90 Å². The zero-order chi connectivity index (χ0) is 15.7. The van der Waals surface area contributed by atoms with Crippen molar-refractivity contribution in [3.8, 4) is 6.07 Å².